The fraction of sp³-hybridized carbons (Fsp3) is 0.409. The molecule has 1 unspecified atom stereocenters. The molecule has 0 radical (unpaired) electrons. The standard InChI is InChI=1S/C22H27FN4OSi/c1-16(28)27-11-6-7-17(15-27)22-25-20(10-12-29(2,3)4)14-21(26-22)24-19-9-5-8-18(23)13-19/h5,8-9,13-14,17H,6-7,11,15H2,1-4H3,(H,24,25,26). The molecule has 1 aromatic carbocycles. The van der Waals surface area contributed by atoms with Gasteiger partial charge in [0.15, 0.2) is 0 Å². The summed E-state index contributed by atoms with van der Waals surface area (Å²) in [5.41, 5.74) is 4.61. The van der Waals surface area contributed by atoms with Crippen molar-refractivity contribution in [2.75, 3.05) is 18.4 Å². The van der Waals surface area contributed by atoms with Gasteiger partial charge in [0.25, 0.3) is 0 Å². The van der Waals surface area contributed by atoms with E-state index in [0.717, 1.165) is 19.4 Å². The first kappa shape index (κ1) is 21.0. The van der Waals surface area contributed by atoms with Gasteiger partial charge in [0.2, 0.25) is 5.91 Å². The lowest BCUT2D eigenvalue weighted by Crippen LogP contribution is -2.38. The van der Waals surface area contributed by atoms with E-state index in [-0.39, 0.29) is 17.6 Å². The van der Waals surface area contributed by atoms with Crippen molar-refractivity contribution >= 4 is 25.5 Å². The van der Waals surface area contributed by atoms with Crippen LogP contribution in [0.4, 0.5) is 15.9 Å². The number of carbonyl (C=O) groups is 1. The van der Waals surface area contributed by atoms with Crippen LogP contribution in [0.15, 0.2) is 30.3 Å². The quantitative estimate of drug-likeness (QED) is 0.605. The van der Waals surface area contributed by atoms with Crippen LogP contribution in [0.3, 0.4) is 0 Å². The van der Waals surface area contributed by atoms with Gasteiger partial charge in [-0.25, -0.2) is 14.4 Å². The average Bonchev–Trinajstić information content (AvgIpc) is 2.66. The maximum atomic E-state index is 13.6. The summed E-state index contributed by atoms with van der Waals surface area (Å²) in [5.74, 6) is 4.29. The van der Waals surface area contributed by atoms with Crippen molar-refractivity contribution in [3.8, 4) is 11.5 Å². The maximum absolute atomic E-state index is 13.6. The highest BCUT2D eigenvalue weighted by Crippen LogP contribution is 2.26. The van der Waals surface area contributed by atoms with Crippen LogP contribution in [0.1, 0.15) is 37.2 Å². The molecule has 0 bridgehead atoms. The molecule has 3 rings (SSSR count). The minimum absolute atomic E-state index is 0.0642. The summed E-state index contributed by atoms with van der Waals surface area (Å²) >= 11 is 0. The Hall–Kier alpha value is -2.72. The molecule has 2 aromatic rings. The summed E-state index contributed by atoms with van der Waals surface area (Å²) in [6.07, 6.45) is 1.85. The number of anilines is 2. The summed E-state index contributed by atoms with van der Waals surface area (Å²) in [5, 5.41) is 3.17. The molecule has 5 nitrogen and oxygen atoms in total. The number of halogens is 1. The lowest BCUT2D eigenvalue weighted by Gasteiger charge is -2.31. The van der Waals surface area contributed by atoms with Gasteiger partial charge in [0.1, 0.15) is 31.2 Å². The Kier molecular flexibility index (Phi) is 6.33. The molecular weight excluding hydrogens is 383 g/mol. The Labute approximate surface area is 172 Å². The van der Waals surface area contributed by atoms with Crippen molar-refractivity contribution in [3.63, 3.8) is 0 Å². The van der Waals surface area contributed by atoms with Gasteiger partial charge < -0.3 is 10.2 Å². The largest absolute Gasteiger partial charge is 0.342 e. The minimum atomic E-state index is -1.57. The molecule has 2 heterocycles. The van der Waals surface area contributed by atoms with Gasteiger partial charge in [-0.15, -0.1) is 5.54 Å². The molecule has 152 valence electrons. The zero-order valence-corrected chi connectivity index (χ0v) is 18.4. The fourth-order valence-corrected chi connectivity index (χ4v) is 3.72. The van der Waals surface area contributed by atoms with Crippen molar-refractivity contribution < 1.29 is 9.18 Å². The van der Waals surface area contributed by atoms with Gasteiger partial charge in [-0.1, -0.05) is 31.6 Å². The van der Waals surface area contributed by atoms with Crippen LogP contribution in [0.2, 0.25) is 19.6 Å². The summed E-state index contributed by atoms with van der Waals surface area (Å²) in [6.45, 7) is 9.52. The number of benzene rings is 1. The topological polar surface area (TPSA) is 58.1 Å². The Balaban J connectivity index is 1.95. The lowest BCUT2D eigenvalue weighted by molar-refractivity contribution is -0.130. The average molecular weight is 411 g/mol. The van der Waals surface area contributed by atoms with Crippen molar-refractivity contribution in [3.05, 3.63) is 47.7 Å². The molecule has 0 aliphatic carbocycles. The second-order valence-corrected chi connectivity index (χ2v) is 13.2. The first-order chi connectivity index (χ1) is 13.7. The number of amides is 1. The normalized spacial score (nSPS) is 16.7. The third kappa shape index (κ3) is 6.13. The molecule has 1 N–H and O–H groups in total. The van der Waals surface area contributed by atoms with Gasteiger partial charge in [-0.2, -0.15) is 0 Å². The maximum Gasteiger partial charge on any atom is 0.219 e. The zero-order valence-electron chi connectivity index (χ0n) is 17.4. The monoisotopic (exact) mass is 410 g/mol. The molecule has 29 heavy (non-hydrogen) atoms. The first-order valence-electron chi connectivity index (χ1n) is 9.90. The second kappa shape index (κ2) is 8.74. The summed E-state index contributed by atoms with van der Waals surface area (Å²) < 4.78 is 13.6. The second-order valence-electron chi connectivity index (χ2n) is 8.44. The molecule has 1 aromatic heterocycles. The van der Waals surface area contributed by atoms with Crippen molar-refractivity contribution in [2.45, 2.75) is 45.3 Å². The van der Waals surface area contributed by atoms with Crippen LogP contribution in [0.25, 0.3) is 0 Å². The molecule has 0 saturated carbocycles. The highest BCUT2D eigenvalue weighted by Gasteiger charge is 2.25. The molecule has 7 heteroatoms. The van der Waals surface area contributed by atoms with E-state index in [2.05, 4.69) is 41.4 Å². The van der Waals surface area contributed by atoms with Crippen molar-refractivity contribution in [1.29, 1.82) is 0 Å². The molecule has 1 fully saturated rings. The van der Waals surface area contributed by atoms with Gasteiger partial charge in [0.05, 0.1) is 0 Å². The Morgan fingerprint density at radius 1 is 1.28 bits per heavy atom. The molecule has 0 spiro atoms. The van der Waals surface area contributed by atoms with Crippen molar-refractivity contribution in [1.82, 2.24) is 14.9 Å². The molecule has 1 amide bonds. The van der Waals surface area contributed by atoms with Crippen LogP contribution in [0, 0.1) is 17.3 Å². The third-order valence-electron chi connectivity index (χ3n) is 4.64. The number of carbonyl (C=O) groups excluding carboxylic acids is 1. The van der Waals surface area contributed by atoms with E-state index in [9.17, 15) is 9.18 Å². The number of rotatable bonds is 3. The Morgan fingerprint density at radius 2 is 2.07 bits per heavy atom. The predicted octanol–water partition coefficient (Wildman–Crippen LogP) is 4.31. The van der Waals surface area contributed by atoms with E-state index in [4.69, 9.17) is 4.98 Å². The molecule has 1 atom stereocenters. The predicted molar refractivity (Wildman–Crippen MR) is 116 cm³/mol. The van der Waals surface area contributed by atoms with Crippen molar-refractivity contribution in [2.24, 2.45) is 0 Å². The fourth-order valence-electron chi connectivity index (χ4n) is 3.22. The summed E-state index contributed by atoms with van der Waals surface area (Å²) in [4.78, 5) is 23.0. The van der Waals surface area contributed by atoms with E-state index in [1.54, 1.807) is 25.1 Å². The van der Waals surface area contributed by atoms with E-state index in [0.29, 0.717) is 29.6 Å². The number of aromatic nitrogens is 2. The van der Waals surface area contributed by atoms with E-state index in [1.165, 1.54) is 12.1 Å². The molecular formula is C22H27FN4OSi. The Morgan fingerprint density at radius 3 is 2.76 bits per heavy atom. The summed E-state index contributed by atoms with van der Waals surface area (Å²) in [7, 11) is -1.57. The smallest absolute Gasteiger partial charge is 0.219 e. The zero-order chi connectivity index (χ0) is 21.0. The van der Waals surface area contributed by atoms with Crippen LogP contribution in [-0.4, -0.2) is 41.9 Å². The summed E-state index contributed by atoms with van der Waals surface area (Å²) in [6, 6.07) is 8.06. The van der Waals surface area contributed by atoms with Crippen LogP contribution >= 0.6 is 0 Å². The molecule has 1 aliphatic rings. The molecule has 1 aliphatic heterocycles. The van der Waals surface area contributed by atoms with Gasteiger partial charge in [-0.3, -0.25) is 4.79 Å². The number of piperidine rings is 1. The number of nitrogens with zero attached hydrogens (tertiary/aromatic N) is 3. The van der Waals surface area contributed by atoms with Gasteiger partial charge in [0, 0.05) is 37.7 Å². The Bertz CT molecular complexity index is 961. The lowest BCUT2D eigenvalue weighted by atomic mass is 9.97. The number of hydrogen-bond donors (Lipinski definition) is 1. The number of likely N-dealkylation sites (tertiary alicyclic amines) is 1. The highest BCUT2D eigenvalue weighted by molar-refractivity contribution is 6.83. The number of nitrogens with one attached hydrogen (secondary N) is 1. The van der Waals surface area contributed by atoms with Crippen LogP contribution in [0.5, 0.6) is 0 Å². The number of hydrogen-bond acceptors (Lipinski definition) is 4. The van der Waals surface area contributed by atoms with E-state index < -0.39 is 8.07 Å². The van der Waals surface area contributed by atoms with Crippen LogP contribution < -0.4 is 5.32 Å². The van der Waals surface area contributed by atoms with Crippen LogP contribution in [-0.2, 0) is 4.79 Å². The van der Waals surface area contributed by atoms with E-state index in [1.807, 2.05) is 4.90 Å². The molecule has 1 saturated heterocycles. The van der Waals surface area contributed by atoms with E-state index >= 15 is 0 Å². The van der Waals surface area contributed by atoms with Gasteiger partial charge in [-0.05, 0) is 31.0 Å². The first-order valence-corrected chi connectivity index (χ1v) is 13.4. The SMILES string of the molecule is CC(=O)N1CCCC(c2nc(C#C[Si](C)(C)C)cc(Nc3cccc(F)c3)n2)C1. The third-order valence-corrected chi connectivity index (χ3v) is 5.51. The van der Waals surface area contributed by atoms with Gasteiger partial charge >= 0.3 is 0 Å². The highest BCUT2D eigenvalue weighted by atomic mass is 28.3. The minimum Gasteiger partial charge on any atom is -0.342 e.